The van der Waals surface area contributed by atoms with E-state index in [1.807, 2.05) is 0 Å². The second kappa shape index (κ2) is 24.7. The summed E-state index contributed by atoms with van der Waals surface area (Å²) in [4.78, 5) is 24.9. The van der Waals surface area contributed by atoms with E-state index in [1.165, 1.54) is 13.8 Å². The van der Waals surface area contributed by atoms with Gasteiger partial charge in [0.1, 0.15) is 134 Å². The fraction of sp³-hybridized carbons (Fsp3) is 0.947. The summed E-state index contributed by atoms with van der Waals surface area (Å²) in [5, 5.41) is 183. The summed E-state index contributed by atoms with van der Waals surface area (Å²) in [5.41, 5.74) is 0. The summed E-state index contributed by atoms with van der Waals surface area (Å²) < 4.78 is 57.6. The first-order valence-electron chi connectivity index (χ1n) is 21.6. The van der Waals surface area contributed by atoms with Crippen LogP contribution >= 0.6 is 0 Å². The van der Waals surface area contributed by atoms with E-state index in [-0.39, 0.29) is 6.29 Å². The largest absolute Gasteiger partial charge is 0.394 e. The lowest BCUT2D eigenvalue weighted by Gasteiger charge is -2.51. The molecule has 5 rings (SSSR count). The van der Waals surface area contributed by atoms with E-state index in [0.29, 0.717) is 0 Å². The fourth-order valence-electron chi connectivity index (χ4n) is 8.33. The third-order valence-electron chi connectivity index (χ3n) is 12.3. The second-order valence-corrected chi connectivity index (χ2v) is 17.1. The van der Waals surface area contributed by atoms with Crippen LogP contribution in [0.4, 0.5) is 0 Å². The van der Waals surface area contributed by atoms with E-state index in [1.54, 1.807) is 0 Å². The highest BCUT2D eigenvalue weighted by atomic mass is 16.8. The molecule has 1 amide bonds. The van der Waals surface area contributed by atoms with Crippen LogP contribution in [0, 0.1) is 0 Å². The van der Waals surface area contributed by atoms with E-state index in [9.17, 15) is 96.4 Å². The molecule has 0 saturated carbocycles. The predicted octanol–water partition coefficient (Wildman–Crippen LogP) is -12.1. The summed E-state index contributed by atoms with van der Waals surface area (Å²) >= 11 is 0. The number of aldehydes is 1. The maximum Gasteiger partial charge on any atom is 0.217 e. The van der Waals surface area contributed by atoms with Gasteiger partial charge in [-0.25, -0.2) is 0 Å². The molecule has 30 heteroatoms. The number of aliphatic hydroxyl groups excluding tert-OH is 17. The normalized spacial score (nSPS) is 47.7. The monoisotopic (exact) mass is 999 g/mol. The SMILES string of the molecule is CC(=O)N[C@H]1[C@H](O[C@H]2[C@@H](O)[C@@H](CO)O[C@@H](O[C@@H]([C@H](O[C@@H]3O[C@@H](C)[C@@H](O)[C@@H](O)[C@@H]3O)[C@@H](O)C=O)[C@H](O)CO)[C@@H]2O)O[C@H](CO)[C@@H](O[C@@H]2O[C@@H](C)[C@@H](O)[C@@H](O)[C@@H]2O)[C@@H]1O[C@@H]1O[C@H](CO)[C@H](O)[C@H](O)[C@H]1O. The van der Waals surface area contributed by atoms with Gasteiger partial charge in [-0.1, -0.05) is 0 Å². The molecule has 5 heterocycles. The van der Waals surface area contributed by atoms with Crippen molar-refractivity contribution < 1.29 is 144 Å². The predicted molar refractivity (Wildman–Crippen MR) is 209 cm³/mol. The number of hydrogen-bond acceptors (Lipinski definition) is 29. The van der Waals surface area contributed by atoms with E-state index in [4.69, 9.17) is 47.4 Å². The number of hydrogen-bond donors (Lipinski definition) is 18. The highest BCUT2D eigenvalue weighted by molar-refractivity contribution is 5.73. The number of rotatable bonds is 19. The highest BCUT2D eigenvalue weighted by Crippen LogP contribution is 2.37. The van der Waals surface area contributed by atoms with Crippen molar-refractivity contribution in [3.63, 3.8) is 0 Å². The number of carbonyl (C=O) groups is 2. The average Bonchev–Trinajstić information content (AvgIpc) is 3.31. The number of carbonyl (C=O) groups excluding carboxylic acids is 2. The van der Waals surface area contributed by atoms with E-state index in [2.05, 4.69) is 5.32 Å². The van der Waals surface area contributed by atoms with Crippen molar-refractivity contribution in [3.8, 4) is 0 Å². The molecule has 0 unspecified atom stereocenters. The third-order valence-corrected chi connectivity index (χ3v) is 12.3. The van der Waals surface area contributed by atoms with Gasteiger partial charge in [0, 0.05) is 6.92 Å². The molecule has 0 aromatic rings. The Bertz CT molecular complexity index is 1570. The molecule has 0 aromatic heterocycles. The first-order chi connectivity index (χ1) is 32.0. The Morgan fingerprint density at radius 2 is 0.941 bits per heavy atom. The molecule has 396 valence electrons. The molecule has 68 heavy (non-hydrogen) atoms. The minimum Gasteiger partial charge on any atom is -0.394 e. The molecule has 5 aliphatic heterocycles. The molecule has 5 aliphatic rings. The van der Waals surface area contributed by atoms with Crippen molar-refractivity contribution in [2.75, 3.05) is 26.4 Å². The van der Waals surface area contributed by atoms with Gasteiger partial charge in [0.2, 0.25) is 5.91 Å². The van der Waals surface area contributed by atoms with Gasteiger partial charge in [0.25, 0.3) is 0 Å². The van der Waals surface area contributed by atoms with Crippen LogP contribution in [-0.4, -0.2) is 303 Å². The molecule has 0 radical (unpaired) electrons. The standard InChI is InChI=1S/C38H65NO29/c1-9-18(48)22(52)25(55)35(59-9)64-29(12(46)4-40)30(13(47)5-41)65-38-28(58)33(21(51)15(7-43)62-38)68-34-17(39-11(3)45)32(67-37-27(57)24(54)20(50)14(6-42)61-37)31(16(8-44)63-34)66-36-26(56)23(53)19(49)10(2)60-36/h4,9-10,12-38,41-44,46-58H,5-8H2,1-3H3,(H,39,45)/t9-,10-,12-,13+,14+,15+,16+,17+,18+,19+,20-,21-,22+,23+,24-,25-,26-,27+,28+,29+,30+,31+,32+,33-,34-,35-,36-,37-,38-/m0/s1. The summed E-state index contributed by atoms with van der Waals surface area (Å²) in [6.07, 6.45) is -54.2. The van der Waals surface area contributed by atoms with Crippen LogP contribution in [0.25, 0.3) is 0 Å². The van der Waals surface area contributed by atoms with E-state index < -0.39 is 210 Å². The third kappa shape index (κ3) is 12.3. The Kier molecular flexibility index (Phi) is 20.7. The minimum atomic E-state index is -2.34. The maximum absolute atomic E-state index is 12.9. The average molecular weight is 1000 g/mol. The smallest absolute Gasteiger partial charge is 0.217 e. The van der Waals surface area contributed by atoms with Crippen LogP contribution in [0.5, 0.6) is 0 Å². The van der Waals surface area contributed by atoms with Crippen LogP contribution in [0.15, 0.2) is 0 Å². The molecule has 0 spiro atoms. The molecular weight excluding hydrogens is 934 g/mol. The van der Waals surface area contributed by atoms with Crippen molar-refractivity contribution in [2.45, 2.75) is 199 Å². The molecule has 0 aliphatic carbocycles. The number of nitrogens with one attached hydrogen (secondary N) is 1. The van der Waals surface area contributed by atoms with E-state index in [0.717, 1.165) is 6.92 Å². The number of ether oxygens (including phenoxy) is 10. The molecule has 29 atom stereocenters. The van der Waals surface area contributed by atoms with Gasteiger partial charge in [-0.05, 0) is 13.8 Å². The summed E-state index contributed by atoms with van der Waals surface area (Å²) in [5.74, 6) is -0.900. The number of aliphatic hydroxyl groups is 17. The summed E-state index contributed by atoms with van der Waals surface area (Å²) in [7, 11) is 0. The Balaban J connectivity index is 1.51. The van der Waals surface area contributed by atoms with Crippen LogP contribution in [-0.2, 0) is 57.0 Å². The van der Waals surface area contributed by atoms with Crippen LogP contribution in [0.1, 0.15) is 20.8 Å². The van der Waals surface area contributed by atoms with Gasteiger partial charge in [-0.15, -0.1) is 0 Å². The molecular formula is C38H65NO29. The zero-order chi connectivity index (χ0) is 50.6. The summed E-state index contributed by atoms with van der Waals surface area (Å²) in [6.45, 7) is -0.756. The maximum atomic E-state index is 12.9. The Labute approximate surface area is 386 Å². The fourth-order valence-corrected chi connectivity index (χ4v) is 8.33. The van der Waals surface area contributed by atoms with Gasteiger partial charge in [-0.2, -0.15) is 0 Å². The first-order valence-corrected chi connectivity index (χ1v) is 21.6. The highest BCUT2D eigenvalue weighted by Gasteiger charge is 2.58. The Morgan fingerprint density at radius 3 is 1.47 bits per heavy atom. The van der Waals surface area contributed by atoms with Crippen LogP contribution in [0.3, 0.4) is 0 Å². The van der Waals surface area contributed by atoms with Crippen molar-refractivity contribution in [2.24, 2.45) is 0 Å². The van der Waals surface area contributed by atoms with Crippen molar-refractivity contribution >= 4 is 12.2 Å². The molecule has 0 aromatic carbocycles. The van der Waals surface area contributed by atoms with Gasteiger partial charge < -0.3 is 144 Å². The molecule has 18 N–H and O–H groups in total. The first kappa shape index (κ1) is 57.0. The van der Waals surface area contributed by atoms with Crippen molar-refractivity contribution in [1.29, 1.82) is 0 Å². The second-order valence-electron chi connectivity index (χ2n) is 17.1. The van der Waals surface area contributed by atoms with Crippen molar-refractivity contribution in [3.05, 3.63) is 0 Å². The summed E-state index contributed by atoms with van der Waals surface area (Å²) in [6, 6.07) is -1.85. The quantitative estimate of drug-likeness (QED) is 0.0534. The lowest BCUT2D eigenvalue weighted by atomic mass is 9.93. The Morgan fingerprint density at radius 1 is 0.515 bits per heavy atom. The zero-order valence-corrected chi connectivity index (χ0v) is 36.7. The van der Waals surface area contributed by atoms with Gasteiger partial charge in [0.05, 0.1) is 38.6 Å². The Hall–Kier alpha value is -1.94. The topological polar surface area (TPSA) is 482 Å². The van der Waals surface area contributed by atoms with Crippen LogP contribution < -0.4 is 5.32 Å². The molecule has 30 nitrogen and oxygen atoms in total. The lowest BCUT2D eigenvalue weighted by Crippen LogP contribution is -2.71. The molecule has 0 bridgehead atoms. The zero-order valence-electron chi connectivity index (χ0n) is 36.7. The molecule has 5 fully saturated rings. The van der Waals surface area contributed by atoms with Gasteiger partial charge in [0.15, 0.2) is 37.7 Å². The van der Waals surface area contributed by atoms with Gasteiger partial charge >= 0.3 is 0 Å². The molecule has 5 saturated heterocycles. The van der Waals surface area contributed by atoms with Gasteiger partial charge in [-0.3, -0.25) is 4.79 Å². The van der Waals surface area contributed by atoms with E-state index >= 15 is 0 Å². The minimum absolute atomic E-state index is 0.119. The van der Waals surface area contributed by atoms with Crippen molar-refractivity contribution in [1.82, 2.24) is 5.32 Å². The number of amides is 1. The lowest BCUT2D eigenvalue weighted by molar-refractivity contribution is -0.389. The van der Waals surface area contributed by atoms with Crippen LogP contribution in [0.2, 0.25) is 0 Å².